The average molecular weight is 389 g/mol. The van der Waals surface area contributed by atoms with Crippen molar-refractivity contribution in [2.24, 2.45) is 0 Å². The lowest BCUT2D eigenvalue weighted by Gasteiger charge is -2.17. The number of hydrogen-bond acceptors (Lipinski definition) is 3. The minimum absolute atomic E-state index is 0.0300. The second-order valence-corrected chi connectivity index (χ2v) is 6.46. The third-order valence-electron chi connectivity index (χ3n) is 3.95. The lowest BCUT2D eigenvalue weighted by Crippen LogP contribution is -2.42. The highest BCUT2D eigenvalue weighted by Gasteiger charge is 2.24. The van der Waals surface area contributed by atoms with Crippen LogP contribution >= 0.6 is 23.2 Å². The molecule has 0 aliphatic carbocycles. The highest BCUT2D eigenvalue weighted by atomic mass is 35.5. The zero-order valence-corrected chi connectivity index (χ0v) is 15.0. The van der Waals surface area contributed by atoms with Gasteiger partial charge >= 0.3 is 5.97 Å². The maximum atomic E-state index is 12.7. The Morgan fingerprint density at radius 3 is 2.38 bits per heavy atom. The summed E-state index contributed by atoms with van der Waals surface area (Å²) >= 11 is 12.2. The number of fused-ring (bicyclic) bond motifs is 1. The normalized spacial score (nSPS) is 11.9. The minimum atomic E-state index is -1.18. The van der Waals surface area contributed by atoms with Crippen LogP contribution in [0.5, 0.6) is 0 Å². The maximum Gasteiger partial charge on any atom is 0.326 e. The number of rotatable bonds is 5. The van der Waals surface area contributed by atoms with E-state index in [0.717, 1.165) is 5.39 Å². The monoisotopic (exact) mass is 388 g/mol. The summed E-state index contributed by atoms with van der Waals surface area (Å²) in [5.41, 5.74) is 1.28. The molecule has 1 heterocycles. The van der Waals surface area contributed by atoms with E-state index in [2.05, 4.69) is 10.3 Å². The van der Waals surface area contributed by atoms with Crippen molar-refractivity contribution in [3.05, 3.63) is 75.9 Å². The van der Waals surface area contributed by atoms with E-state index in [0.29, 0.717) is 26.7 Å². The van der Waals surface area contributed by atoms with Crippen molar-refractivity contribution in [3.63, 3.8) is 0 Å². The number of carboxylic acids is 1. The predicted molar refractivity (Wildman–Crippen MR) is 101 cm³/mol. The van der Waals surface area contributed by atoms with E-state index in [9.17, 15) is 14.7 Å². The first-order chi connectivity index (χ1) is 12.5. The first-order valence-corrected chi connectivity index (χ1v) is 8.53. The van der Waals surface area contributed by atoms with Crippen LogP contribution in [0.25, 0.3) is 10.9 Å². The van der Waals surface area contributed by atoms with Gasteiger partial charge in [0.15, 0.2) is 0 Å². The van der Waals surface area contributed by atoms with E-state index < -0.39 is 17.9 Å². The van der Waals surface area contributed by atoms with Gasteiger partial charge in [-0.3, -0.25) is 9.78 Å². The summed E-state index contributed by atoms with van der Waals surface area (Å²) in [6.45, 7) is 0. The fourth-order valence-electron chi connectivity index (χ4n) is 2.65. The molecule has 5 nitrogen and oxygen atoms in total. The number of carbonyl (C=O) groups excluding carboxylic acids is 1. The number of nitrogens with zero attached hydrogens (tertiary/aromatic N) is 1. The van der Waals surface area contributed by atoms with Gasteiger partial charge in [-0.25, -0.2) is 4.79 Å². The van der Waals surface area contributed by atoms with Gasteiger partial charge in [0.25, 0.3) is 5.91 Å². The largest absolute Gasteiger partial charge is 0.480 e. The number of nitrogens with one attached hydrogen (secondary N) is 1. The zero-order chi connectivity index (χ0) is 18.7. The second-order valence-electron chi connectivity index (χ2n) is 5.65. The molecule has 132 valence electrons. The van der Waals surface area contributed by atoms with Gasteiger partial charge in [-0.15, -0.1) is 0 Å². The Morgan fingerprint density at radius 1 is 1.04 bits per heavy atom. The smallest absolute Gasteiger partial charge is 0.326 e. The van der Waals surface area contributed by atoms with E-state index in [1.165, 1.54) is 0 Å². The van der Waals surface area contributed by atoms with E-state index in [1.807, 2.05) is 12.1 Å². The quantitative estimate of drug-likeness (QED) is 0.692. The number of para-hydroxylation sites is 1. The Morgan fingerprint density at radius 2 is 1.69 bits per heavy atom. The molecule has 0 saturated heterocycles. The van der Waals surface area contributed by atoms with Crippen LogP contribution in [0.15, 0.2) is 54.7 Å². The summed E-state index contributed by atoms with van der Waals surface area (Å²) in [4.78, 5) is 28.5. The lowest BCUT2D eigenvalue weighted by molar-refractivity contribution is -0.139. The molecule has 0 radical (unpaired) electrons. The molecule has 0 aliphatic rings. The van der Waals surface area contributed by atoms with Gasteiger partial charge in [0.1, 0.15) is 6.04 Å². The van der Waals surface area contributed by atoms with E-state index in [1.54, 1.807) is 42.6 Å². The first-order valence-electron chi connectivity index (χ1n) is 7.77. The molecule has 1 amide bonds. The summed E-state index contributed by atoms with van der Waals surface area (Å²) in [5, 5.41) is 13.5. The standard InChI is InChI=1S/C19H14Cl2N2O3/c20-14-7-2-8-15(21)13(14)10-16(19(25)26)23-18(24)12-6-1-4-11-5-3-9-22-17(11)12/h1-9,16H,10H2,(H,23,24)(H,25,26)/t16-/m0/s1. The number of hydrogen-bond donors (Lipinski definition) is 2. The van der Waals surface area contributed by atoms with Crippen molar-refractivity contribution >= 4 is 46.0 Å². The van der Waals surface area contributed by atoms with Gasteiger partial charge in [-0.2, -0.15) is 0 Å². The molecule has 1 atom stereocenters. The molecular weight excluding hydrogens is 375 g/mol. The van der Waals surface area contributed by atoms with Crippen molar-refractivity contribution in [1.82, 2.24) is 10.3 Å². The van der Waals surface area contributed by atoms with Gasteiger partial charge in [0.2, 0.25) is 0 Å². The van der Waals surface area contributed by atoms with Gasteiger partial charge in [0.05, 0.1) is 11.1 Å². The van der Waals surface area contributed by atoms with Crippen LogP contribution in [0.4, 0.5) is 0 Å². The van der Waals surface area contributed by atoms with Gasteiger partial charge in [0, 0.05) is 28.0 Å². The third kappa shape index (κ3) is 3.79. The molecule has 0 aliphatic heterocycles. The van der Waals surface area contributed by atoms with Crippen LogP contribution in [0.3, 0.4) is 0 Å². The van der Waals surface area contributed by atoms with Crippen LogP contribution in [-0.4, -0.2) is 28.0 Å². The molecule has 0 unspecified atom stereocenters. The van der Waals surface area contributed by atoms with Crippen molar-refractivity contribution in [1.29, 1.82) is 0 Å². The van der Waals surface area contributed by atoms with E-state index in [-0.39, 0.29) is 6.42 Å². The van der Waals surface area contributed by atoms with Gasteiger partial charge < -0.3 is 10.4 Å². The van der Waals surface area contributed by atoms with Crippen molar-refractivity contribution < 1.29 is 14.7 Å². The van der Waals surface area contributed by atoms with Crippen LogP contribution in [0.1, 0.15) is 15.9 Å². The summed E-state index contributed by atoms with van der Waals surface area (Å²) in [5.74, 6) is -1.70. The molecule has 7 heteroatoms. The van der Waals surface area contributed by atoms with Crippen molar-refractivity contribution in [2.45, 2.75) is 12.5 Å². The Balaban J connectivity index is 1.88. The number of benzene rings is 2. The summed E-state index contributed by atoms with van der Waals surface area (Å²) in [6.07, 6.45) is 1.55. The molecule has 2 aromatic carbocycles. The average Bonchev–Trinajstić information content (AvgIpc) is 2.63. The number of aromatic nitrogens is 1. The summed E-state index contributed by atoms with van der Waals surface area (Å²) < 4.78 is 0. The molecule has 2 N–H and O–H groups in total. The fraction of sp³-hybridized carbons (Fsp3) is 0.105. The number of carboxylic acid groups (broad SMARTS) is 1. The molecule has 0 saturated carbocycles. The summed E-state index contributed by atoms with van der Waals surface area (Å²) in [6, 6.07) is 12.5. The van der Waals surface area contributed by atoms with Crippen LogP contribution in [0, 0.1) is 0 Å². The Bertz CT molecular complexity index is 966. The Labute approximate surface area is 159 Å². The number of pyridine rings is 1. The predicted octanol–water partition coefficient (Wildman–Crippen LogP) is 3.97. The van der Waals surface area contributed by atoms with E-state index >= 15 is 0 Å². The van der Waals surface area contributed by atoms with Crippen LogP contribution in [0.2, 0.25) is 10.0 Å². The minimum Gasteiger partial charge on any atom is -0.480 e. The summed E-state index contributed by atoms with van der Waals surface area (Å²) in [7, 11) is 0. The molecule has 0 fully saturated rings. The fourth-order valence-corrected chi connectivity index (χ4v) is 3.21. The Kier molecular flexibility index (Phi) is 5.40. The maximum absolute atomic E-state index is 12.7. The molecule has 0 bridgehead atoms. The topological polar surface area (TPSA) is 79.3 Å². The lowest BCUT2D eigenvalue weighted by atomic mass is 10.0. The third-order valence-corrected chi connectivity index (χ3v) is 4.66. The highest BCUT2D eigenvalue weighted by Crippen LogP contribution is 2.26. The van der Waals surface area contributed by atoms with Gasteiger partial charge in [-0.05, 0) is 29.8 Å². The number of amides is 1. The molecule has 0 spiro atoms. The Hall–Kier alpha value is -2.63. The van der Waals surface area contributed by atoms with Crippen LogP contribution < -0.4 is 5.32 Å². The highest BCUT2D eigenvalue weighted by molar-refractivity contribution is 6.36. The molecule has 3 aromatic rings. The molecule has 1 aromatic heterocycles. The molecule has 3 rings (SSSR count). The molecule has 26 heavy (non-hydrogen) atoms. The van der Waals surface area contributed by atoms with Crippen molar-refractivity contribution in [3.8, 4) is 0 Å². The number of halogens is 2. The van der Waals surface area contributed by atoms with Crippen LogP contribution in [-0.2, 0) is 11.2 Å². The number of carbonyl (C=O) groups is 2. The SMILES string of the molecule is O=C(N[C@@H](Cc1c(Cl)cccc1Cl)C(=O)O)c1cccc2cccnc12. The zero-order valence-electron chi connectivity index (χ0n) is 13.4. The van der Waals surface area contributed by atoms with Crippen molar-refractivity contribution in [2.75, 3.05) is 0 Å². The van der Waals surface area contributed by atoms with Gasteiger partial charge in [-0.1, -0.05) is 47.5 Å². The van der Waals surface area contributed by atoms with E-state index in [4.69, 9.17) is 23.2 Å². The number of aliphatic carboxylic acids is 1. The molecular formula is C19H14Cl2N2O3. The second kappa shape index (κ2) is 7.72. The first kappa shape index (κ1) is 18.2.